The minimum absolute atomic E-state index is 0.227. The normalized spacial score (nSPS) is 13.2. The van der Waals surface area contributed by atoms with Gasteiger partial charge in [0, 0.05) is 13.2 Å². The van der Waals surface area contributed by atoms with Crippen molar-refractivity contribution in [1.82, 2.24) is 4.72 Å². The second-order valence-corrected chi connectivity index (χ2v) is 5.67. The lowest BCUT2D eigenvalue weighted by Crippen LogP contribution is -2.38. The SMILES string of the molecule is CCC(COC)NS(=O)(=O)c1ccccc1C(=O)O. The number of rotatable bonds is 7. The summed E-state index contributed by atoms with van der Waals surface area (Å²) in [5.41, 5.74) is -0.248. The van der Waals surface area contributed by atoms with E-state index in [1.165, 1.54) is 31.4 Å². The number of benzene rings is 1. The summed E-state index contributed by atoms with van der Waals surface area (Å²) < 4.78 is 31.7. The summed E-state index contributed by atoms with van der Waals surface area (Å²) in [5, 5.41) is 9.01. The van der Waals surface area contributed by atoms with E-state index in [0.717, 1.165) is 0 Å². The predicted molar refractivity (Wildman–Crippen MR) is 69.7 cm³/mol. The summed E-state index contributed by atoms with van der Waals surface area (Å²) >= 11 is 0. The van der Waals surface area contributed by atoms with Gasteiger partial charge in [-0.1, -0.05) is 19.1 Å². The third-order valence-electron chi connectivity index (χ3n) is 2.59. The van der Waals surface area contributed by atoms with Crippen molar-refractivity contribution in [2.24, 2.45) is 0 Å². The van der Waals surface area contributed by atoms with Crippen LogP contribution in [-0.4, -0.2) is 39.3 Å². The molecule has 0 bridgehead atoms. The van der Waals surface area contributed by atoms with E-state index in [4.69, 9.17) is 9.84 Å². The van der Waals surface area contributed by atoms with Crippen molar-refractivity contribution in [3.63, 3.8) is 0 Å². The van der Waals surface area contributed by atoms with E-state index in [1.807, 2.05) is 6.92 Å². The molecular formula is C12H17NO5S. The van der Waals surface area contributed by atoms with Gasteiger partial charge in [0.25, 0.3) is 0 Å². The highest BCUT2D eigenvalue weighted by atomic mass is 32.2. The minimum atomic E-state index is -3.88. The largest absolute Gasteiger partial charge is 0.478 e. The summed E-state index contributed by atoms with van der Waals surface area (Å²) in [6.07, 6.45) is 0.544. The Hall–Kier alpha value is -1.44. The number of aromatic carboxylic acids is 1. The molecule has 6 nitrogen and oxygen atoms in total. The molecular weight excluding hydrogens is 270 g/mol. The molecule has 1 unspecified atom stereocenters. The van der Waals surface area contributed by atoms with Gasteiger partial charge in [0.2, 0.25) is 10.0 Å². The van der Waals surface area contributed by atoms with Crippen LogP contribution in [0, 0.1) is 0 Å². The summed E-state index contributed by atoms with van der Waals surface area (Å²) in [6, 6.07) is 5.10. The number of sulfonamides is 1. The van der Waals surface area contributed by atoms with E-state index in [2.05, 4.69) is 4.72 Å². The van der Waals surface area contributed by atoms with Gasteiger partial charge in [0.05, 0.1) is 17.1 Å². The van der Waals surface area contributed by atoms with Crippen molar-refractivity contribution in [2.45, 2.75) is 24.3 Å². The van der Waals surface area contributed by atoms with Gasteiger partial charge in [-0.15, -0.1) is 0 Å². The molecule has 1 aromatic carbocycles. The van der Waals surface area contributed by atoms with Crippen LogP contribution in [0.5, 0.6) is 0 Å². The standard InChI is InChI=1S/C12H17NO5S/c1-3-9(8-18-2)13-19(16,17)11-7-5-4-6-10(11)12(14)15/h4-7,9,13H,3,8H2,1-2H3,(H,14,15). The summed E-state index contributed by atoms with van der Waals surface area (Å²) in [6.45, 7) is 2.04. The van der Waals surface area contributed by atoms with Gasteiger partial charge in [-0.25, -0.2) is 17.9 Å². The number of hydrogen-bond donors (Lipinski definition) is 2. The molecule has 0 aliphatic carbocycles. The number of carboxylic acids is 1. The Morgan fingerprint density at radius 2 is 2.05 bits per heavy atom. The van der Waals surface area contributed by atoms with Crippen LogP contribution in [0.25, 0.3) is 0 Å². The third kappa shape index (κ3) is 4.02. The lowest BCUT2D eigenvalue weighted by atomic mass is 10.2. The molecule has 0 aliphatic rings. The molecule has 19 heavy (non-hydrogen) atoms. The Kier molecular flexibility index (Phi) is 5.46. The predicted octanol–water partition coefficient (Wildman–Crippen LogP) is 1.09. The van der Waals surface area contributed by atoms with E-state index >= 15 is 0 Å². The molecule has 0 saturated heterocycles. The smallest absolute Gasteiger partial charge is 0.337 e. The van der Waals surface area contributed by atoms with Crippen LogP contribution in [-0.2, 0) is 14.8 Å². The molecule has 2 N–H and O–H groups in total. The molecule has 0 radical (unpaired) electrons. The number of nitrogens with one attached hydrogen (secondary N) is 1. The molecule has 0 heterocycles. The van der Waals surface area contributed by atoms with E-state index < -0.39 is 22.0 Å². The highest BCUT2D eigenvalue weighted by Gasteiger charge is 2.24. The number of hydrogen-bond acceptors (Lipinski definition) is 4. The lowest BCUT2D eigenvalue weighted by molar-refractivity contribution is 0.0692. The summed E-state index contributed by atoms with van der Waals surface area (Å²) in [7, 11) is -2.41. The van der Waals surface area contributed by atoms with Gasteiger partial charge in [-0.3, -0.25) is 0 Å². The Morgan fingerprint density at radius 3 is 2.58 bits per heavy atom. The third-order valence-corrected chi connectivity index (χ3v) is 4.17. The van der Waals surface area contributed by atoms with Crippen molar-refractivity contribution in [3.05, 3.63) is 29.8 Å². The summed E-state index contributed by atoms with van der Waals surface area (Å²) in [5.74, 6) is -1.28. The van der Waals surface area contributed by atoms with Crippen LogP contribution in [0.2, 0.25) is 0 Å². The highest BCUT2D eigenvalue weighted by Crippen LogP contribution is 2.16. The number of carboxylic acid groups (broad SMARTS) is 1. The molecule has 1 aromatic rings. The van der Waals surface area contributed by atoms with Crippen LogP contribution >= 0.6 is 0 Å². The highest BCUT2D eigenvalue weighted by molar-refractivity contribution is 7.89. The average molecular weight is 287 g/mol. The molecule has 0 fully saturated rings. The first-order valence-electron chi connectivity index (χ1n) is 5.76. The molecule has 0 spiro atoms. The maximum Gasteiger partial charge on any atom is 0.337 e. The molecule has 0 aliphatic heterocycles. The van der Waals surface area contributed by atoms with Crippen molar-refractivity contribution in [3.8, 4) is 0 Å². The minimum Gasteiger partial charge on any atom is -0.478 e. The zero-order chi connectivity index (χ0) is 14.5. The van der Waals surface area contributed by atoms with Gasteiger partial charge in [0.1, 0.15) is 0 Å². The zero-order valence-corrected chi connectivity index (χ0v) is 11.6. The zero-order valence-electron chi connectivity index (χ0n) is 10.8. The van der Waals surface area contributed by atoms with Gasteiger partial charge in [-0.2, -0.15) is 0 Å². The number of ether oxygens (including phenoxy) is 1. The van der Waals surface area contributed by atoms with Gasteiger partial charge >= 0.3 is 5.97 Å². The van der Waals surface area contributed by atoms with Crippen molar-refractivity contribution >= 4 is 16.0 Å². The van der Waals surface area contributed by atoms with Crippen LogP contribution in [0.1, 0.15) is 23.7 Å². The van der Waals surface area contributed by atoms with E-state index in [1.54, 1.807) is 0 Å². The Labute approximate surface area is 112 Å². The van der Waals surface area contributed by atoms with Gasteiger partial charge < -0.3 is 9.84 Å². The molecule has 0 amide bonds. The molecule has 0 aromatic heterocycles. The van der Waals surface area contributed by atoms with E-state index in [0.29, 0.717) is 6.42 Å². The molecule has 1 atom stereocenters. The first-order valence-corrected chi connectivity index (χ1v) is 7.24. The monoisotopic (exact) mass is 287 g/mol. The van der Waals surface area contributed by atoms with Gasteiger partial charge in [-0.05, 0) is 18.6 Å². The van der Waals surface area contributed by atoms with Crippen LogP contribution in [0.3, 0.4) is 0 Å². The first kappa shape index (κ1) is 15.6. The second-order valence-electron chi connectivity index (χ2n) is 3.98. The van der Waals surface area contributed by atoms with Crippen LogP contribution < -0.4 is 4.72 Å². The Balaban J connectivity index is 3.10. The number of carbonyl (C=O) groups is 1. The van der Waals surface area contributed by atoms with Crippen molar-refractivity contribution in [1.29, 1.82) is 0 Å². The van der Waals surface area contributed by atoms with E-state index in [-0.39, 0.29) is 17.1 Å². The number of methoxy groups -OCH3 is 1. The lowest BCUT2D eigenvalue weighted by Gasteiger charge is -2.16. The summed E-state index contributed by atoms with van der Waals surface area (Å²) in [4.78, 5) is 10.8. The second kappa shape index (κ2) is 6.65. The fourth-order valence-corrected chi connectivity index (χ4v) is 3.10. The molecule has 1 rings (SSSR count). The first-order chi connectivity index (χ1) is 8.92. The van der Waals surface area contributed by atoms with E-state index in [9.17, 15) is 13.2 Å². The maximum absolute atomic E-state index is 12.2. The topological polar surface area (TPSA) is 92.7 Å². The molecule has 0 saturated carbocycles. The fourth-order valence-electron chi connectivity index (χ4n) is 1.60. The average Bonchev–Trinajstić information content (AvgIpc) is 2.38. The Morgan fingerprint density at radius 1 is 1.42 bits per heavy atom. The Bertz CT molecular complexity index is 541. The van der Waals surface area contributed by atoms with Gasteiger partial charge in [0.15, 0.2) is 0 Å². The van der Waals surface area contributed by atoms with Crippen LogP contribution in [0.15, 0.2) is 29.2 Å². The van der Waals surface area contributed by atoms with Crippen molar-refractivity contribution in [2.75, 3.05) is 13.7 Å². The van der Waals surface area contributed by atoms with Crippen molar-refractivity contribution < 1.29 is 23.1 Å². The quantitative estimate of drug-likeness (QED) is 0.783. The maximum atomic E-state index is 12.2. The van der Waals surface area contributed by atoms with Crippen LogP contribution in [0.4, 0.5) is 0 Å². The molecule has 7 heteroatoms. The fraction of sp³-hybridized carbons (Fsp3) is 0.417. The molecule has 106 valence electrons.